The molecule has 1 amide bonds. The molecule has 2 aromatic rings. The van der Waals surface area contributed by atoms with Crippen molar-refractivity contribution in [1.82, 2.24) is 10.4 Å². The number of carbonyl (C=O) groups excluding carboxylic acids is 3. The van der Waals surface area contributed by atoms with Crippen LogP contribution < -0.4 is 5.43 Å². The number of carbonyl (C=O) groups is 3. The van der Waals surface area contributed by atoms with E-state index in [1.54, 1.807) is 61.5 Å². The molecule has 0 radical (unpaired) electrons. The lowest BCUT2D eigenvalue weighted by atomic mass is 10.1. The molecule has 0 aliphatic carbocycles. The standard InChI is InChI=1S/C23H21N3O5/c1-3-31-23(30)19-20(28)17(13-18(27)15-11-9-14(2)10-12-15)26(21(19)24)25-22(29)16-7-5-4-6-8-16/h4-13,24,28H,3H2,1-2H3,(H,25,29)/b17-13+,24-21?. The number of hydrogen-bond donors (Lipinski definition) is 3. The first-order valence-corrected chi connectivity index (χ1v) is 9.52. The zero-order chi connectivity index (χ0) is 22.5. The number of amidine groups is 1. The molecular formula is C23H21N3O5. The van der Waals surface area contributed by atoms with Crippen molar-refractivity contribution in [1.29, 1.82) is 5.41 Å². The van der Waals surface area contributed by atoms with Gasteiger partial charge in [-0.1, -0.05) is 48.0 Å². The smallest absolute Gasteiger partial charge is 0.345 e. The highest BCUT2D eigenvalue weighted by atomic mass is 16.5. The molecule has 3 N–H and O–H groups in total. The average molecular weight is 419 g/mol. The van der Waals surface area contributed by atoms with Crippen molar-refractivity contribution >= 4 is 23.5 Å². The van der Waals surface area contributed by atoms with Crippen LogP contribution >= 0.6 is 0 Å². The number of rotatable bonds is 6. The SMILES string of the molecule is CCOC(=O)C1=C(O)/C(=C\C(=O)c2ccc(C)cc2)N(NC(=O)c2ccccc2)C1=N. The Hall–Kier alpha value is -4.20. The molecule has 2 aromatic carbocycles. The third-order valence-electron chi connectivity index (χ3n) is 4.51. The van der Waals surface area contributed by atoms with Crippen molar-refractivity contribution in [2.24, 2.45) is 0 Å². The van der Waals surface area contributed by atoms with E-state index in [0.29, 0.717) is 11.1 Å². The molecule has 0 fully saturated rings. The van der Waals surface area contributed by atoms with Gasteiger partial charge in [0.05, 0.1) is 6.61 Å². The molecule has 8 heteroatoms. The number of amides is 1. The van der Waals surface area contributed by atoms with Gasteiger partial charge in [0.25, 0.3) is 5.91 Å². The molecule has 0 aromatic heterocycles. The van der Waals surface area contributed by atoms with Gasteiger partial charge in [-0.05, 0) is 26.0 Å². The Kier molecular flexibility index (Phi) is 6.30. The third kappa shape index (κ3) is 4.53. The number of hydrogen-bond acceptors (Lipinski definition) is 6. The summed E-state index contributed by atoms with van der Waals surface area (Å²) in [5.74, 6) is -3.13. The van der Waals surface area contributed by atoms with E-state index in [-0.39, 0.29) is 12.3 Å². The highest BCUT2D eigenvalue weighted by Crippen LogP contribution is 2.28. The van der Waals surface area contributed by atoms with Crippen molar-refractivity contribution in [3.63, 3.8) is 0 Å². The van der Waals surface area contributed by atoms with Gasteiger partial charge < -0.3 is 9.84 Å². The fourth-order valence-corrected chi connectivity index (χ4v) is 2.90. The minimum atomic E-state index is -0.935. The largest absolute Gasteiger partial charge is 0.505 e. The molecule has 0 saturated heterocycles. The van der Waals surface area contributed by atoms with E-state index in [1.165, 1.54) is 0 Å². The van der Waals surface area contributed by atoms with Gasteiger partial charge in [0.1, 0.15) is 11.3 Å². The molecule has 158 valence electrons. The Morgan fingerprint density at radius 2 is 1.71 bits per heavy atom. The maximum absolute atomic E-state index is 12.7. The fraction of sp³-hybridized carbons (Fsp3) is 0.130. The van der Waals surface area contributed by atoms with Crippen LogP contribution in [0.25, 0.3) is 0 Å². The third-order valence-corrected chi connectivity index (χ3v) is 4.51. The minimum absolute atomic E-state index is 0.0284. The number of esters is 1. The topological polar surface area (TPSA) is 120 Å². The minimum Gasteiger partial charge on any atom is -0.505 e. The highest BCUT2D eigenvalue weighted by Gasteiger charge is 2.39. The molecule has 31 heavy (non-hydrogen) atoms. The second-order valence-electron chi connectivity index (χ2n) is 6.69. The summed E-state index contributed by atoms with van der Waals surface area (Å²) in [5.41, 5.74) is 3.41. The quantitative estimate of drug-likeness (QED) is 0.376. The van der Waals surface area contributed by atoms with Crippen LogP contribution in [-0.2, 0) is 9.53 Å². The van der Waals surface area contributed by atoms with Crippen molar-refractivity contribution in [2.45, 2.75) is 13.8 Å². The van der Waals surface area contributed by atoms with Gasteiger partial charge in [-0.3, -0.25) is 20.4 Å². The zero-order valence-electron chi connectivity index (χ0n) is 17.0. The van der Waals surface area contributed by atoms with Gasteiger partial charge in [0.2, 0.25) is 0 Å². The average Bonchev–Trinajstić information content (AvgIpc) is 2.98. The lowest BCUT2D eigenvalue weighted by molar-refractivity contribution is -0.138. The van der Waals surface area contributed by atoms with E-state index in [1.807, 2.05) is 6.92 Å². The summed E-state index contributed by atoms with van der Waals surface area (Å²) in [7, 11) is 0. The summed E-state index contributed by atoms with van der Waals surface area (Å²) in [5, 5.41) is 19.8. The fourth-order valence-electron chi connectivity index (χ4n) is 2.90. The van der Waals surface area contributed by atoms with E-state index in [9.17, 15) is 19.5 Å². The molecule has 8 nitrogen and oxygen atoms in total. The van der Waals surface area contributed by atoms with Gasteiger partial charge in [-0.2, -0.15) is 0 Å². The summed E-state index contributed by atoms with van der Waals surface area (Å²) in [6, 6.07) is 15.0. The lowest BCUT2D eigenvalue weighted by Gasteiger charge is -2.21. The van der Waals surface area contributed by atoms with Gasteiger partial charge in [-0.25, -0.2) is 9.80 Å². The molecule has 1 aliphatic rings. The van der Waals surface area contributed by atoms with E-state index in [0.717, 1.165) is 16.6 Å². The molecule has 0 saturated carbocycles. The first kappa shape index (κ1) is 21.5. The Morgan fingerprint density at radius 1 is 1.06 bits per heavy atom. The number of allylic oxidation sites excluding steroid dienone is 1. The van der Waals surface area contributed by atoms with E-state index < -0.39 is 34.8 Å². The van der Waals surface area contributed by atoms with E-state index >= 15 is 0 Å². The first-order valence-electron chi connectivity index (χ1n) is 9.52. The number of aryl methyl sites for hydroxylation is 1. The Labute approximate surface area is 178 Å². The number of aliphatic hydroxyl groups is 1. The summed E-state index contributed by atoms with van der Waals surface area (Å²) < 4.78 is 4.91. The second-order valence-corrected chi connectivity index (χ2v) is 6.69. The van der Waals surface area contributed by atoms with Crippen LogP contribution in [0.4, 0.5) is 0 Å². The van der Waals surface area contributed by atoms with Crippen LogP contribution in [0.3, 0.4) is 0 Å². The van der Waals surface area contributed by atoms with Gasteiger partial charge in [0, 0.05) is 17.2 Å². The number of ether oxygens (including phenoxy) is 1. The van der Waals surface area contributed by atoms with Crippen molar-refractivity contribution in [3.05, 3.63) is 94.4 Å². The summed E-state index contributed by atoms with van der Waals surface area (Å²) in [4.78, 5) is 37.6. The summed E-state index contributed by atoms with van der Waals surface area (Å²) in [6.45, 7) is 3.49. The van der Waals surface area contributed by atoms with Gasteiger partial charge >= 0.3 is 5.97 Å². The summed E-state index contributed by atoms with van der Waals surface area (Å²) >= 11 is 0. The number of aliphatic hydroxyl groups excluding tert-OH is 1. The van der Waals surface area contributed by atoms with Crippen molar-refractivity contribution in [2.75, 3.05) is 6.61 Å². The van der Waals surface area contributed by atoms with Crippen LogP contribution in [-0.4, -0.2) is 40.2 Å². The predicted octanol–water partition coefficient (Wildman–Crippen LogP) is 3.07. The Balaban J connectivity index is 1.99. The van der Waals surface area contributed by atoms with Crippen LogP contribution in [0.1, 0.15) is 33.2 Å². The molecule has 0 bridgehead atoms. The van der Waals surface area contributed by atoms with Crippen molar-refractivity contribution in [3.8, 4) is 0 Å². The molecule has 1 aliphatic heterocycles. The Bertz CT molecular complexity index is 1100. The molecule has 0 spiro atoms. The predicted molar refractivity (Wildman–Crippen MR) is 113 cm³/mol. The van der Waals surface area contributed by atoms with E-state index in [2.05, 4.69) is 5.43 Å². The van der Waals surface area contributed by atoms with Crippen LogP contribution in [0.2, 0.25) is 0 Å². The number of benzene rings is 2. The lowest BCUT2D eigenvalue weighted by Crippen LogP contribution is -2.43. The first-order chi connectivity index (χ1) is 14.8. The normalized spacial score (nSPS) is 14.7. The number of ketones is 1. The monoisotopic (exact) mass is 419 g/mol. The van der Waals surface area contributed by atoms with Gasteiger partial charge in [-0.15, -0.1) is 0 Å². The molecule has 0 unspecified atom stereocenters. The number of hydrazine groups is 1. The highest BCUT2D eigenvalue weighted by molar-refractivity contribution is 6.22. The zero-order valence-corrected chi connectivity index (χ0v) is 17.0. The summed E-state index contributed by atoms with van der Waals surface area (Å²) in [6.07, 6.45) is 1.06. The van der Waals surface area contributed by atoms with Crippen LogP contribution in [0.5, 0.6) is 0 Å². The molecule has 1 heterocycles. The number of nitrogens with zero attached hydrogens (tertiary/aromatic N) is 1. The molecule has 3 rings (SSSR count). The van der Waals surface area contributed by atoms with Gasteiger partial charge in [0.15, 0.2) is 17.4 Å². The van der Waals surface area contributed by atoms with E-state index in [4.69, 9.17) is 10.1 Å². The van der Waals surface area contributed by atoms with Crippen molar-refractivity contribution < 1.29 is 24.2 Å². The van der Waals surface area contributed by atoms with Crippen LogP contribution in [0, 0.1) is 12.3 Å². The molecule has 0 atom stereocenters. The maximum atomic E-state index is 12.7. The number of nitrogens with one attached hydrogen (secondary N) is 2. The maximum Gasteiger partial charge on any atom is 0.345 e. The Morgan fingerprint density at radius 3 is 2.32 bits per heavy atom. The second kappa shape index (κ2) is 9.08. The molecular weight excluding hydrogens is 398 g/mol. The van der Waals surface area contributed by atoms with Crippen LogP contribution in [0.15, 0.2) is 77.7 Å².